The minimum Gasteiger partial charge on any atom is -0.508 e. The van der Waals surface area contributed by atoms with Crippen LogP contribution in [0.1, 0.15) is 33.6 Å². The van der Waals surface area contributed by atoms with Gasteiger partial charge < -0.3 is 15.6 Å². The molecule has 3 N–H and O–H groups in total. The third-order valence-corrected chi connectivity index (χ3v) is 2.83. The van der Waals surface area contributed by atoms with Gasteiger partial charge >= 0.3 is 0 Å². The van der Waals surface area contributed by atoms with Crippen molar-refractivity contribution in [3.8, 4) is 0 Å². The van der Waals surface area contributed by atoms with Gasteiger partial charge in [-0.2, -0.15) is 0 Å². The van der Waals surface area contributed by atoms with E-state index in [-0.39, 0.29) is 11.2 Å². The number of hydrogen-bond acceptors (Lipinski definition) is 3. The van der Waals surface area contributed by atoms with Gasteiger partial charge in [-0.1, -0.05) is 33.9 Å². The lowest BCUT2D eigenvalue weighted by molar-refractivity contribution is 0.301. The van der Waals surface area contributed by atoms with Gasteiger partial charge in [0.1, 0.15) is 17.3 Å². The number of aliphatic hydroxyl groups is 1. The summed E-state index contributed by atoms with van der Waals surface area (Å²) in [5, 5.41) is 9.64. The summed E-state index contributed by atoms with van der Waals surface area (Å²) in [4.78, 5) is 0. The molecule has 1 aliphatic carbocycles. The van der Waals surface area contributed by atoms with E-state index in [9.17, 15) is 5.11 Å². The number of rotatable bonds is 4. The lowest BCUT2D eigenvalue weighted by Gasteiger charge is -2.23. The van der Waals surface area contributed by atoms with Crippen LogP contribution in [0.4, 0.5) is 0 Å². The number of hydrogen-bond donors (Lipinski definition) is 2. The van der Waals surface area contributed by atoms with Gasteiger partial charge in [0.25, 0.3) is 0 Å². The summed E-state index contributed by atoms with van der Waals surface area (Å²) >= 11 is 0. The standard InChI is InChI=1S/C16H23NO2/c1-11(10-15(12(2)18)16(3,4)5)19-14-8-6-13(17)7-9-14/h6,8,10,18H,1-2,7,9,17H2,3-5H3/b15-10+. The van der Waals surface area contributed by atoms with Gasteiger partial charge in [-0.25, -0.2) is 0 Å². The molecule has 0 unspecified atom stereocenters. The molecule has 3 heteroatoms. The first-order valence-corrected chi connectivity index (χ1v) is 6.32. The Labute approximate surface area is 115 Å². The van der Waals surface area contributed by atoms with E-state index in [0.29, 0.717) is 11.3 Å². The molecule has 0 saturated carbocycles. The van der Waals surface area contributed by atoms with Crippen LogP contribution < -0.4 is 5.73 Å². The summed E-state index contributed by atoms with van der Waals surface area (Å²) in [5.74, 6) is 1.35. The third-order valence-electron chi connectivity index (χ3n) is 2.83. The first kappa shape index (κ1) is 15.2. The largest absolute Gasteiger partial charge is 0.508 e. The van der Waals surface area contributed by atoms with Gasteiger partial charge in [-0.05, 0) is 30.1 Å². The van der Waals surface area contributed by atoms with Crippen LogP contribution >= 0.6 is 0 Å². The monoisotopic (exact) mass is 261 g/mol. The lowest BCUT2D eigenvalue weighted by Crippen LogP contribution is -2.12. The van der Waals surface area contributed by atoms with E-state index < -0.39 is 0 Å². The van der Waals surface area contributed by atoms with E-state index in [4.69, 9.17) is 10.5 Å². The zero-order valence-corrected chi connectivity index (χ0v) is 12.0. The van der Waals surface area contributed by atoms with Gasteiger partial charge in [0, 0.05) is 17.7 Å². The molecule has 0 spiro atoms. The van der Waals surface area contributed by atoms with E-state index in [0.717, 1.165) is 24.3 Å². The topological polar surface area (TPSA) is 55.5 Å². The highest BCUT2D eigenvalue weighted by molar-refractivity contribution is 5.33. The SMILES string of the molecule is C=C(/C=C(\C(=C)O)C(C)(C)C)OC1=CC=C(N)CC1. The van der Waals surface area contributed by atoms with Gasteiger partial charge in [0.05, 0.1) is 0 Å². The molecule has 0 aromatic carbocycles. The molecule has 0 aliphatic heterocycles. The van der Waals surface area contributed by atoms with Crippen molar-refractivity contribution in [2.45, 2.75) is 33.6 Å². The van der Waals surface area contributed by atoms with Gasteiger partial charge in [-0.15, -0.1) is 0 Å². The molecule has 0 amide bonds. The Hall–Kier alpha value is -1.90. The minimum atomic E-state index is -0.219. The maximum atomic E-state index is 9.64. The van der Waals surface area contributed by atoms with Crippen molar-refractivity contribution in [1.82, 2.24) is 0 Å². The molecule has 1 rings (SSSR count). The van der Waals surface area contributed by atoms with Gasteiger partial charge in [0.15, 0.2) is 0 Å². The number of nitrogens with two attached hydrogens (primary N) is 1. The van der Waals surface area contributed by atoms with Crippen LogP contribution in [-0.4, -0.2) is 5.11 Å². The van der Waals surface area contributed by atoms with Crippen molar-refractivity contribution in [1.29, 1.82) is 0 Å². The summed E-state index contributed by atoms with van der Waals surface area (Å²) in [6.07, 6.45) is 6.97. The predicted molar refractivity (Wildman–Crippen MR) is 79.1 cm³/mol. The highest BCUT2D eigenvalue weighted by atomic mass is 16.5. The molecule has 0 saturated heterocycles. The summed E-state index contributed by atoms with van der Waals surface area (Å²) < 4.78 is 5.65. The average molecular weight is 261 g/mol. The van der Waals surface area contributed by atoms with E-state index in [1.165, 1.54) is 0 Å². The Balaban J connectivity index is 2.81. The van der Waals surface area contributed by atoms with Crippen molar-refractivity contribution >= 4 is 0 Å². The van der Waals surface area contributed by atoms with E-state index in [1.807, 2.05) is 32.9 Å². The molecule has 0 aromatic rings. The lowest BCUT2D eigenvalue weighted by atomic mass is 9.85. The minimum absolute atomic E-state index is 0.0408. The summed E-state index contributed by atoms with van der Waals surface area (Å²) in [5.41, 5.74) is 7.03. The Morgan fingerprint density at radius 2 is 1.95 bits per heavy atom. The Morgan fingerprint density at radius 1 is 1.32 bits per heavy atom. The quantitative estimate of drug-likeness (QED) is 0.592. The molecular weight excluding hydrogens is 238 g/mol. The fraction of sp³-hybridized carbons (Fsp3) is 0.375. The molecule has 0 bridgehead atoms. The maximum Gasteiger partial charge on any atom is 0.120 e. The zero-order chi connectivity index (χ0) is 14.6. The van der Waals surface area contributed by atoms with Crippen molar-refractivity contribution in [2.75, 3.05) is 0 Å². The first-order chi connectivity index (χ1) is 8.70. The van der Waals surface area contributed by atoms with Gasteiger partial charge in [-0.3, -0.25) is 0 Å². The number of allylic oxidation sites excluding steroid dienone is 6. The van der Waals surface area contributed by atoms with E-state index >= 15 is 0 Å². The van der Waals surface area contributed by atoms with Crippen LogP contribution in [0.3, 0.4) is 0 Å². The van der Waals surface area contributed by atoms with Crippen LogP contribution in [0, 0.1) is 5.41 Å². The second kappa shape index (κ2) is 5.83. The molecule has 0 atom stereocenters. The predicted octanol–water partition coefficient (Wildman–Crippen LogP) is 4.08. The number of ether oxygens (including phenoxy) is 1. The van der Waals surface area contributed by atoms with Crippen molar-refractivity contribution < 1.29 is 9.84 Å². The highest BCUT2D eigenvalue weighted by Crippen LogP contribution is 2.31. The second-order valence-electron chi connectivity index (χ2n) is 5.70. The maximum absolute atomic E-state index is 9.64. The Kier molecular flexibility index (Phi) is 4.65. The van der Waals surface area contributed by atoms with Crippen LogP contribution in [0.2, 0.25) is 0 Å². The van der Waals surface area contributed by atoms with E-state index in [1.54, 1.807) is 6.08 Å². The van der Waals surface area contributed by atoms with Crippen LogP contribution in [0.25, 0.3) is 0 Å². The summed E-state index contributed by atoms with van der Waals surface area (Å²) in [6.45, 7) is 13.4. The van der Waals surface area contributed by atoms with Crippen molar-refractivity contribution in [3.05, 3.63) is 59.9 Å². The molecule has 19 heavy (non-hydrogen) atoms. The normalized spacial score (nSPS) is 16.5. The summed E-state index contributed by atoms with van der Waals surface area (Å²) in [6, 6.07) is 0. The van der Waals surface area contributed by atoms with Gasteiger partial charge in [0.2, 0.25) is 0 Å². The molecular formula is C16H23NO2. The Bertz CT molecular complexity index is 473. The molecule has 0 aromatic heterocycles. The highest BCUT2D eigenvalue weighted by Gasteiger charge is 2.20. The van der Waals surface area contributed by atoms with Crippen LogP contribution in [0.5, 0.6) is 0 Å². The molecule has 3 nitrogen and oxygen atoms in total. The van der Waals surface area contributed by atoms with Crippen molar-refractivity contribution in [2.24, 2.45) is 11.1 Å². The van der Waals surface area contributed by atoms with Crippen LogP contribution in [0.15, 0.2) is 59.9 Å². The molecule has 1 aliphatic rings. The molecule has 0 heterocycles. The molecule has 0 radical (unpaired) electrons. The smallest absolute Gasteiger partial charge is 0.120 e. The zero-order valence-electron chi connectivity index (χ0n) is 12.0. The fourth-order valence-corrected chi connectivity index (χ4v) is 1.81. The fourth-order valence-electron chi connectivity index (χ4n) is 1.81. The summed E-state index contributed by atoms with van der Waals surface area (Å²) in [7, 11) is 0. The molecule has 0 fully saturated rings. The van der Waals surface area contributed by atoms with Crippen molar-refractivity contribution in [3.63, 3.8) is 0 Å². The van der Waals surface area contributed by atoms with E-state index in [2.05, 4.69) is 13.2 Å². The second-order valence-corrected chi connectivity index (χ2v) is 5.70. The Morgan fingerprint density at radius 3 is 2.37 bits per heavy atom. The van der Waals surface area contributed by atoms with Crippen LogP contribution in [-0.2, 0) is 4.74 Å². The third kappa shape index (κ3) is 4.70. The first-order valence-electron chi connectivity index (χ1n) is 6.32. The molecule has 104 valence electrons. The average Bonchev–Trinajstić information content (AvgIpc) is 2.27. The number of aliphatic hydroxyl groups excluding tert-OH is 1.